The predicted octanol–water partition coefficient (Wildman–Crippen LogP) is 3.07. The second-order valence-corrected chi connectivity index (χ2v) is 5.56. The Bertz CT molecular complexity index is 586. The summed E-state index contributed by atoms with van der Waals surface area (Å²) in [5, 5.41) is 7.60. The van der Waals surface area contributed by atoms with Crippen LogP contribution in [0.2, 0.25) is 0 Å². The van der Waals surface area contributed by atoms with Crippen LogP contribution >= 0.6 is 0 Å². The van der Waals surface area contributed by atoms with Crippen molar-refractivity contribution in [3.05, 3.63) is 48.3 Å². The van der Waals surface area contributed by atoms with E-state index in [2.05, 4.69) is 60.5 Å². The summed E-state index contributed by atoms with van der Waals surface area (Å²) in [6.45, 7) is 6.90. The van der Waals surface area contributed by atoms with E-state index in [1.54, 1.807) is 6.20 Å². The molecule has 0 atom stereocenters. The zero-order valence-electron chi connectivity index (χ0n) is 14.4. The van der Waals surface area contributed by atoms with Crippen LogP contribution in [0.25, 0.3) is 5.69 Å². The Morgan fingerprint density at radius 2 is 2.04 bits per heavy atom. The molecule has 23 heavy (non-hydrogen) atoms. The van der Waals surface area contributed by atoms with Crippen molar-refractivity contribution in [3.63, 3.8) is 0 Å². The first-order valence-electron chi connectivity index (χ1n) is 8.33. The van der Waals surface area contributed by atoms with Gasteiger partial charge in [0.2, 0.25) is 0 Å². The summed E-state index contributed by atoms with van der Waals surface area (Å²) in [5.74, 6) is 0.970. The van der Waals surface area contributed by atoms with Crippen LogP contribution in [0.4, 0.5) is 0 Å². The van der Waals surface area contributed by atoms with E-state index in [-0.39, 0.29) is 0 Å². The molecule has 2 rings (SSSR count). The van der Waals surface area contributed by atoms with Gasteiger partial charge in [0.05, 0.1) is 12.2 Å². The molecule has 5 nitrogen and oxygen atoms in total. The predicted molar refractivity (Wildman–Crippen MR) is 95.9 cm³/mol. The van der Waals surface area contributed by atoms with Gasteiger partial charge in [0.25, 0.3) is 0 Å². The molecular weight excluding hydrogens is 286 g/mol. The van der Waals surface area contributed by atoms with Crippen LogP contribution in [0.3, 0.4) is 0 Å². The molecule has 1 aromatic carbocycles. The van der Waals surface area contributed by atoms with Crippen molar-refractivity contribution in [2.75, 3.05) is 20.1 Å². The number of aliphatic imine (C=N–C) groups is 1. The van der Waals surface area contributed by atoms with Crippen molar-refractivity contribution >= 4 is 5.96 Å². The van der Waals surface area contributed by atoms with Crippen LogP contribution in [-0.4, -0.2) is 40.8 Å². The molecule has 0 saturated carbocycles. The SMILES string of the molecule is CCCCN(C)C(=NCc1ccc(-n2cccn2)cc1)NCC. The van der Waals surface area contributed by atoms with E-state index in [1.165, 1.54) is 18.4 Å². The zero-order chi connectivity index (χ0) is 16.5. The monoisotopic (exact) mass is 313 g/mol. The lowest BCUT2D eigenvalue weighted by Gasteiger charge is -2.21. The van der Waals surface area contributed by atoms with Gasteiger partial charge in [0.15, 0.2) is 5.96 Å². The Labute approximate surface area is 139 Å². The summed E-state index contributed by atoms with van der Waals surface area (Å²) < 4.78 is 1.86. The highest BCUT2D eigenvalue weighted by molar-refractivity contribution is 5.79. The molecular formula is C18H27N5. The average Bonchev–Trinajstić information content (AvgIpc) is 3.11. The minimum absolute atomic E-state index is 0.679. The maximum absolute atomic E-state index is 4.74. The molecule has 2 aromatic rings. The van der Waals surface area contributed by atoms with Crippen LogP contribution in [0.15, 0.2) is 47.7 Å². The Morgan fingerprint density at radius 3 is 2.65 bits per heavy atom. The van der Waals surface area contributed by atoms with Gasteiger partial charge in [-0.15, -0.1) is 0 Å². The van der Waals surface area contributed by atoms with Crippen molar-refractivity contribution < 1.29 is 0 Å². The van der Waals surface area contributed by atoms with E-state index >= 15 is 0 Å². The molecule has 0 fully saturated rings. The lowest BCUT2D eigenvalue weighted by atomic mass is 10.2. The highest BCUT2D eigenvalue weighted by Crippen LogP contribution is 2.09. The first-order chi connectivity index (χ1) is 11.2. The topological polar surface area (TPSA) is 45.5 Å². The summed E-state index contributed by atoms with van der Waals surface area (Å²) in [4.78, 5) is 6.94. The van der Waals surface area contributed by atoms with E-state index in [4.69, 9.17) is 4.99 Å². The van der Waals surface area contributed by atoms with Crippen molar-refractivity contribution in [2.24, 2.45) is 4.99 Å². The minimum Gasteiger partial charge on any atom is -0.357 e. The molecule has 0 radical (unpaired) electrons. The number of guanidine groups is 1. The van der Waals surface area contributed by atoms with Crippen LogP contribution in [0, 0.1) is 0 Å². The second-order valence-electron chi connectivity index (χ2n) is 5.56. The molecule has 1 N–H and O–H groups in total. The molecule has 0 saturated heterocycles. The molecule has 0 aliphatic heterocycles. The summed E-state index contributed by atoms with van der Waals surface area (Å²) in [6, 6.07) is 10.3. The van der Waals surface area contributed by atoms with Gasteiger partial charge in [-0.2, -0.15) is 5.10 Å². The largest absolute Gasteiger partial charge is 0.357 e. The fraction of sp³-hybridized carbons (Fsp3) is 0.444. The van der Waals surface area contributed by atoms with Gasteiger partial charge in [0, 0.05) is 32.5 Å². The quantitative estimate of drug-likeness (QED) is 0.631. The minimum atomic E-state index is 0.679. The van der Waals surface area contributed by atoms with Crippen LogP contribution in [0.5, 0.6) is 0 Å². The van der Waals surface area contributed by atoms with Crippen LogP contribution < -0.4 is 5.32 Å². The van der Waals surface area contributed by atoms with Gasteiger partial charge >= 0.3 is 0 Å². The van der Waals surface area contributed by atoms with E-state index in [0.717, 1.165) is 24.7 Å². The number of nitrogens with zero attached hydrogens (tertiary/aromatic N) is 4. The lowest BCUT2D eigenvalue weighted by Crippen LogP contribution is -2.39. The number of unbranched alkanes of at least 4 members (excludes halogenated alkanes) is 1. The second kappa shape index (κ2) is 8.98. The number of nitrogens with one attached hydrogen (secondary N) is 1. The van der Waals surface area contributed by atoms with Crippen LogP contribution in [0.1, 0.15) is 32.3 Å². The first-order valence-corrected chi connectivity index (χ1v) is 8.33. The van der Waals surface area contributed by atoms with Crippen molar-refractivity contribution in [3.8, 4) is 5.69 Å². The molecule has 0 spiro atoms. The molecule has 0 bridgehead atoms. The molecule has 124 valence electrons. The van der Waals surface area contributed by atoms with Gasteiger partial charge in [-0.1, -0.05) is 25.5 Å². The van der Waals surface area contributed by atoms with E-state index in [9.17, 15) is 0 Å². The number of benzene rings is 1. The average molecular weight is 313 g/mol. The molecule has 1 heterocycles. The molecule has 5 heteroatoms. The zero-order valence-corrected chi connectivity index (χ0v) is 14.4. The third-order valence-electron chi connectivity index (χ3n) is 3.66. The third-order valence-corrected chi connectivity index (χ3v) is 3.66. The van der Waals surface area contributed by atoms with Gasteiger partial charge < -0.3 is 10.2 Å². The van der Waals surface area contributed by atoms with Crippen molar-refractivity contribution in [2.45, 2.75) is 33.2 Å². The Hall–Kier alpha value is -2.30. The molecule has 1 aromatic heterocycles. The Balaban J connectivity index is 2.01. The number of aromatic nitrogens is 2. The van der Waals surface area contributed by atoms with E-state index in [1.807, 2.05) is 16.9 Å². The van der Waals surface area contributed by atoms with Crippen molar-refractivity contribution in [1.29, 1.82) is 0 Å². The number of hydrogen-bond acceptors (Lipinski definition) is 2. The highest BCUT2D eigenvalue weighted by Gasteiger charge is 2.04. The smallest absolute Gasteiger partial charge is 0.193 e. The maximum atomic E-state index is 4.74. The summed E-state index contributed by atoms with van der Waals surface area (Å²) in [5.41, 5.74) is 2.26. The normalized spacial score (nSPS) is 11.5. The fourth-order valence-electron chi connectivity index (χ4n) is 2.31. The molecule has 0 aliphatic rings. The first kappa shape index (κ1) is 17.1. The number of hydrogen-bond donors (Lipinski definition) is 1. The van der Waals surface area contributed by atoms with Gasteiger partial charge in [-0.25, -0.2) is 9.67 Å². The van der Waals surface area contributed by atoms with Gasteiger partial charge in [-0.3, -0.25) is 0 Å². The Morgan fingerprint density at radius 1 is 1.26 bits per heavy atom. The molecule has 0 amide bonds. The third kappa shape index (κ3) is 5.13. The molecule has 0 aliphatic carbocycles. The van der Waals surface area contributed by atoms with Crippen molar-refractivity contribution in [1.82, 2.24) is 20.0 Å². The number of rotatable bonds is 7. The molecule has 0 unspecified atom stereocenters. The van der Waals surface area contributed by atoms with E-state index in [0.29, 0.717) is 6.54 Å². The van der Waals surface area contributed by atoms with Gasteiger partial charge in [0.1, 0.15) is 0 Å². The highest BCUT2D eigenvalue weighted by atomic mass is 15.3. The standard InChI is InChI=1S/C18H27N5/c1-4-6-13-22(3)18(19-5-2)20-15-16-8-10-17(11-9-16)23-14-7-12-21-23/h7-12,14H,4-6,13,15H2,1-3H3,(H,19,20). The fourth-order valence-corrected chi connectivity index (χ4v) is 2.31. The van der Waals surface area contributed by atoms with Gasteiger partial charge in [-0.05, 0) is 37.1 Å². The van der Waals surface area contributed by atoms with Crippen LogP contribution in [-0.2, 0) is 6.54 Å². The van der Waals surface area contributed by atoms with E-state index < -0.39 is 0 Å². The lowest BCUT2D eigenvalue weighted by molar-refractivity contribution is 0.465. The summed E-state index contributed by atoms with van der Waals surface area (Å²) >= 11 is 0. The summed E-state index contributed by atoms with van der Waals surface area (Å²) in [7, 11) is 2.10. The summed E-state index contributed by atoms with van der Waals surface area (Å²) in [6.07, 6.45) is 6.10. The Kier molecular flexibility index (Phi) is 6.66. The maximum Gasteiger partial charge on any atom is 0.193 e.